The third-order valence-electron chi connectivity index (χ3n) is 5.79. The van der Waals surface area contributed by atoms with Gasteiger partial charge >= 0.3 is 0 Å². The van der Waals surface area contributed by atoms with Gasteiger partial charge in [-0.25, -0.2) is 4.39 Å². The van der Waals surface area contributed by atoms with E-state index in [1.54, 1.807) is 28.8 Å². The SMILES string of the molecule is CC(C)CNC(=O)[C@H](Cc1ccccc1)N(Cc1ccc(F)cc1)C(=O)CCSCc1ccccc1. The van der Waals surface area contributed by atoms with Gasteiger partial charge in [-0.2, -0.15) is 11.8 Å². The predicted octanol–water partition coefficient (Wildman–Crippen LogP) is 5.86. The van der Waals surface area contributed by atoms with Gasteiger partial charge in [0.05, 0.1) is 0 Å². The Morgan fingerprint density at radius 1 is 0.861 bits per heavy atom. The third kappa shape index (κ3) is 9.15. The maximum Gasteiger partial charge on any atom is 0.243 e. The first-order valence-corrected chi connectivity index (χ1v) is 13.5. The zero-order chi connectivity index (χ0) is 25.8. The Kier molecular flexibility index (Phi) is 11.0. The van der Waals surface area contributed by atoms with Gasteiger partial charge in [-0.15, -0.1) is 0 Å². The van der Waals surface area contributed by atoms with E-state index in [0.29, 0.717) is 31.1 Å². The van der Waals surface area contributed by atoms with Gasteiger partial charge in [-0.3, -0.25) is 9.59 Å². The van der Waals surface area contributed by atoms with Gasteiger partial charge in [0.15, 0.2) is 0 Å². The monoisotopic (exact) mass is 506 g/mol. The predicted molar refractivity (Wildman–Crippen MR) is 146 cm³/mol. The standard InChI is InChI=1S/C30H35FN2O2S/c1-23(2)20-32-30(35)28(19-24-9-5-3-6-10-24)33(21-25-13-15-27(31)16-14-25)29(34)17-18-36-22-26-11-7-4-8-12-26/h3-16,23,28H,17-22H2,1-2H3,(H,32,35)/t28-/m0/s1. The van der Waals surface area contributed by atoms with Crippen LogP contribution in [-0.4, -0.2) is 35.1 Å². The summed E-state index contributed by atoms with van der Waals surface area (Å²) in [6.45, 7) is 4.86. The number of nitrogens with one attached hydrogen (secondary N) is 1. The Hall–Kier alpha value is -3.12. The minimum absolute atomic E-state index is 0.0829. The number of rotatable bonds is 13. The quantitative estimate of drug-likeness (QED) is 0.295. The fourth-order valence-corrected chi connectivity index (χ4v) is 4.72. The molecule has 0 bridgehead atoms. The molecule has 0 aliphatic heterocycles. The van der Waals surface area contributed by atoms with Crippen molar-refractivity contribution >= 4 is 23.6 Å². The molecule has 0 saturated heterocycles. The first-order chi connectivity index (χ1) is 17.4. The molecule has 0 unspecified atom stereocenters. The highest BCUT2D eigenvalue weighted by Gasteiger charge is 2.30. The van der Waals surface area contributed by atoms with Crippen LogP contribution >= 0.6 is 11.8 Å². The van der Waals surface area contributed by atoms with Crippen molar-refractivity contribution in [3.63, 3.8) is 0 Å². The van der Waals surface area contributed by atoms with Crippen molar-refractivity contribution in [2.45, 2.75) is 45.0 Å². The first kappa shape index (κ1) is 27.5. The van der Waals surface area contributed by atoms with Crippen LogP contribution in [0.3, 0.4) is 0 Å². The molecule has 36 heavy (non-hydrogen) atoms. The van der Waals surface area contributed by atoms with Crippen LogP contribution in [0, 0.1) is 11.7 Å². The zero-order valence-corrected chi connectivity index (χ0v) is 21.8. The van der Waals surface area contributed by atoms with Gasteiger partial charge < -0.3 is 10.2 Å². The molecule has 3 aromatic rings. The van der Waals surface area contributed by atoms with Gasteiger partial charge in [0.25, 0.3) is 0 Å². The Balaban J connectivity index is 1.78. The second-order valence-corrected chi connectivity index (χ2v) is 10.4. The molecule has 0 aromatic heterocycles. The molecule has 0 radical (unpaired) electrons. The smallest absolute Gasteiger partial charge is 0.243 e. The molecule has 1 atom stereocenters. The summed E-state index contributed by atoms with van der Waals surface area (Å²) in [4.78, 5) is 28.6. The van der Waals surface area contributed by atoms with E-state index < -0.39 is 6.04 Å². The molecule has 4 nitrogen and oxygen atoms in total. The van der Waals surface area contributed by atoms with Crippen LogP contribution in [-0.2, 0) is 28.3 Å². The van der Waals surface area contributed by atoms with Crippen molar-refractivity contribution in [3.8, 4) is 0 Å². The Morgan fingerprint density at radius 2 is 1.47 bits per heavy atom. The molecule has 1 N–H and O–H groups in total. The van der Waals surface area contributed by atoms with E-state index in [9.17, 15) is 14.0 Å². The highest BCUT2D eigenvalue weighted by atomic mass is 32.2. The number of thioether (sulfide) groups is 1. The molecular weight excluding hydrogens is 471 g/mol. The molecule has 3 rings (SSSR count). The topological polar surface area (TPSA) is 49.4 Å². The number of carbonyl (C=O) groups excluding carboxylic acids is 2. The summed E-state index contributed by atoms with van der Waals surface area (Å²) in [7, 11) is 0. The maximum atomic E-state index is 13.6. The van der Waals surface area contributed by atoms with Crippen LogP contribution in [0.1, 0.15) is 37.0 Å². The van der Waals surface area contributed by atoms with E-state index in [1.165, 1.54) is 17.7 Å². The van der Waals surface area contributed by atoms with Gasteiger partial charge in [0.2, 0.25) is 11.8 Å². The van der Waals surface area contributed by atoms with Crippen molar-refractivity contribution < 1.29 is 14.0 Å². The molecule has 3 aromatic carbocycles. The van der Waals surface area contributed by atoms with Gasteiger partial charge in [-0.05, 0) is 34.7 Å². The largest absolute Gasteiger partial charge is 0.354 e. The number of amides is 2. The zero-order valence-electron chi connectivity index (χ0n) is 21.0. The molecule has 0 spiro atoms. The summed E-state index contributed by atoms with van der Waals surface area (Å²) in [5, 5.41) is 3.02. The normalized spacial score (nSPS) is 11.8. The summed E-state index contributed by atoms with van der Waals surface area (Å²) in [5.41, 5.74) is 2.99. The van der Waals surface area contributed by atoms with E-state index in [1.807, 2.05) is 62.4 Å². The van der Waals surface area contributed by atoms with Gasteiger partial charge in [0.1, 0.15) is 11.9 Å². The minimum atomic E-state index is -0.664. The highest BCUT2D eigenvalue weighted by molar-refractivity contribution is 7.98. The van der Waals surface area contributed by atoms with Crippen LogP contribution in [0.25, 0.3) is 0 Å². The number of nitrogens with zero attached hydrogens (tertiary/aromatic N) is 1. The van der Waals surface area contributed by atoms with Crippen molar-refractivity contribution in [1.29, 1.82) is 0 Å². The molecule has 0 fully saturated rings. The summed E-state index contributed by atoms with van der Waals surface area (Å²) in [5.74, 6) is 1.19. The lowest BCUT2D eigenvalue weighted by Crippen LogP contribution is -2.51. The lowest BCUT2D eigenvalue weighted by Gasteiger charge is -2.32. The van der Waals surface area contributed by atoms with E-state index in [2.05, 4.69) is 17.4 Å². The molecule has 0 saturated carbocycles. The van der Waals surface area contributed by atoms with Crippen LogP contribution in [0.15, 0.2) is 84.9 Å². The van der Waals surface area contributed by atoms with E-state index in [-0.39, 0.29) is 24.2 Å². The molecule has 2 amide bonds. The Labute approximate surface area is 218 Å². The number of carbonyl (C=O) groups is 2. The minimum Gasteiger partial charge on any atom is -0.354 e. The highest BCUT2D eigenvalue weighted by Crippen LogP contribution is 2.19. The second kappa shape index (κ2) is 14.4. The third-order valence-corrected chi connectivity index (χ3v) is 6.82. The fraction of sp³-hybridized carbons (Fsp3) is 0.333. The van der Waals surface area contributed by atoms with Gasteiger partial charge in [-0.1, -0.05) is 86.6 Å². The molecule has 0 aliphatic carbocycles. The van der Waals surface area contributed by atoms with Crippen molar-refractivity contribution in [2.24, 2.45) is 5.92 Å². The van der Waals surface area contributed by atoms with Crippen LogP contribution in [0.2, 0.25) is 0 Å². The number of hydrogen-bond acceptors (Lipinski definition) is 3. The van der Waals surface area contributed by atoms with Gasteiger partial charge in [0, 0.05) is 37.4 Å². The molecule has 190 valence electrons. The second-order valence-electron chi connectivity index (χ2n) is 9.28. The van der Waals surface area contributed by atoms with Crippen molar-refractivity contribution in [1.82, 2.24) is 10.2 Å². The van der Waals surface area contributed by atoms with E-state index in [4.69, 9.17) is 0 Å². The van der Waals surface area contributed by atoms with Crippen LogP contribution in [0.5, 0.6) is 0 Å². The number of hydrogen-bond donors (Lipinski definition) is 1. The average molecular weight is 507 g/mol. The summed E-state index contributed by atoms with van der Waals surface area (Å²) in [6.07, 6.45) is 0.732. The van der Waals surface area contributed by atoms with Crippen molar-refractivity contribution in [3.05, 3.63) is 107 Å². The Morgan fingerprint density at radius 3 is 2.08 bits per heavy atom. The summed E-state index contributed by atoms with van der Waals surface area (Å²) >= 11 is 1.70. The first-order valence-electron chi connectivity index (χ1n) is 12.4. The fourth-order valence-electron chi connectivity index (χ4n) is 3.83. The average Bonchev–Trinajstić information content (AvgIpc) is 2.89. The number of halogens is 1. The molecule has 6 heteroatoms. The van der Waals surface area contributed by atoms with Crippen molar-refractivity contribution in [2.75, 3.05) is 12.3 Å². The molecule has 0 aliphatic rings. The summed E-state index contributed by atoms with van der Waals surface area (Å²) in [6, 6.07) is 25.4. The van der Waals surface area contributed by atoms with E-state index in [0.717, 1.165) is 16.9 Å². The molecular formula is C30H35FN2O2S. The lowest BCUT2D eigenvalue weighted by atomic mass is 10.0. The Bertz CT molecular complexity index is 1080. The van der Waals surface area contributed by atoms with E-state index >= 15 is 0 Å². The van der Waals surface area contributed by atoms with Crippen LogP contribution in [0.4, 0.5) is 4.39 Å². The molecule has 0 heterocycles. The maximum absolute atomic E-state index is 13.6. The number of benzene rings is 3. The van der Waals surface area contributed by atoms with Crippen LogP contribution < -0.4 is 5.32 Å². The lowest BCUT2D eigenvalue weighted by molar-refractivity contribution is -0.141. The summed E-state index contributed by atoms with van der Waals surface area (Å²) < 4.78 is 13.5.